The highest BCUT2D eigenvalue weighted by molar-refractivity contribution is 7.89. The topological polar surface area (TPSA) is 77.4 Å². The van der Waals surface area contributed by atoms with E-state index in [0.29, 0.717) is 48.0 Å². The molecule has 0 bridgehead atoms. The predicted octanol–water partition coefficient (Wildman–Crippen LogP) is 3.47. The molecule has 1 N–H and O–H groups in total. The number of fused-ring (bicyclic) bond motifs is 1. The van der Waals surface area contributed by atoms with Gasteiger partial charge in [-0.15, -0.1) is 0 Å². The molecule has 0 saturated carbocycles. The lowest BCUT2D eigenvalue weighted by Gasteiger charge is -2.08. The number of ether oxygens (including phenoxy) is 1. The smallest absolute Gasteiger partial charge is 0.308 e. The van der Waals surface area contributed by atoms with Gasteiger partial charge in [-0.25, -0.2) is 13.1 Å². The van der Waals surface area contributed by atoms with Crippen LogP contribution < -0.4 is 9.60 Å². The van der Waals surface area contributed by atoms with Crippen molar-refractivity contribution in [3.63, 3.8) is 0 Å². The van der Waals surface area contributed by atoms with Crippen molar-refractivity contribution in [3.05, 3.63) is 62.7 Å². The summed E-state index contributed by atoms with van der Waals surface area (Å²) in [5.41, 5.74) is 1.65. The van der Waals surface area contributed by atoms with Crippen LogP contribution in [-0.2, 0) is 21.3 Å². The van der Waals surface area contributed by atoms with E-state index >= 15 is 0 Å². The first kappa shape index (κ1) is 21.0. The van der Waals surface area contributed by atoms with E-state index in [2.05, 4.69) is 4.72 Å². The molecule has 150 valence electrons. The van der Waals surface area contributed by atoms with Crippen molar-refractivity contribution in [2.75, 3.05) is 19.8 Å². The summed E-state index contributed by atoms with van der Waals surface area (Å²) in [7, 11) is -3.63. The molecule has 3 rings (SSSR count). The van der Waals surface area contributed by atoms with Gasteiger partial charge in [-0.05, 0) is 49.2 Å². The van der Waals surface area contributed by atoms with Gasteiger partial charge in [0, 0.05) is 24.8 Å². The molecule has 1 aromatic heterocycles. The van der Waals surface area contributed by atoms with Crippen LogP contribution in [0, 0.1) is 0 Å². The number of rotatable bonds is 9. The van der Waals surface area contributed by atoms with Gasteiger partial charge in [0.05, 0.1) is 21.7 Å². The van der Waals surface area contributed by atoms with Crippen LogP contribution in [-0.4, -0.2) is 32.7 Å². The highest BCUT2D eigenvalue weighted by Crippen LogP contribution is 2.23. The summed E-state index contributed by atoms with van der Waals surface area (Å²) in [6.07, 6.45) is 0.597. The molecule has 0 unspecified atom stereocenters. The summed E-state index contributed by atoms with van der Waals surface area (Å²) in [5, 5.41) is 0.634. The fourth-order valence-corrected chi connectivity index (χ4v) is 4.97. The van der Waals surface area contributed by atoms with Crippen molar-refractivity contribution in [1.82, 2.24) is 9.29 Å². The van der Waals surface area contributed by atoms with Crippen molar-refractivity contribution in [2.24, 2.45) is 0 Å². The Morgan fingerprint density at radius 3 is 2.64 bits per heavy atom. The minimum Gasteiger partial charge on any atom is -0.382 e. The normalized spacial score (nSPS) is 11.9. The number of aromatic nitrogens is 1. The first-order valence-corrected chi connectivity index (χ1v) is 11.5. The lowest BCUT2D eigenvalue weighted by atomic mass is 10.2. The summed E-state index contributed by atoms with van der Waals surface area (Å²) in [4.78, 5) is 12.4. The molecule has 6 nitrogen and oxygen atoms in total. The van der Waals surface area contributed by atoms with E-state index in [9.17, 15) is 13.2 Å². The monoisotopic (exact) mass is 440 g/mol. The molecule has 0 aliphatic rings. The fourth-order valence-electron chi connectivity index (χ4n) is 2.74. The third-order valence-corrected chi connectivity index (χ3v) is 6.82. The quantitative estimate of drug-likeness (QED) is 0.517. The summed E-state index contributed by atoms with van der Waals surface area (Å²) in [6.45, 7) is 3.71. The van der Waals surface area contributed by atoms with Crippen LogP contribution in [0.5, 0.6) is 0 Å². The second-order valence-corrected chi connectivity index (χ2v) is 9.35. The number of sulfonamides is 1. The van der Waals surface area contributed by atoms with Crippen LogP contribution in [0.3, 0.4) is 0 Å². The molecular weight excluding hydrogens is 420 g/mol. The van der Waals surface area contributed by atoms with Crippen LogP contribution in [0.2, 0.25) is 5.02 Å². The van der Waals surface area contributed by atoms with Crippen LogP contribution in [0.1, 0.15) is 18.9 Å². The Morgan fingerprint density at radius 2 is 1.93 bits per heavy atom. The van der Waals surface area contributed by atoms with Crippen molar-refractivity contribution >= 4 is 43.2 Å². The summed E-state index contributed by atoms with van der Waals surface area (Å²) < 4.78 is 35.0. The van der Waals surface area contributed by atoms with Gasteiger partial charge in [-0.1, -0.05) is 35.1 Å². The number of hydrogen-bond donors (Lipinski definition) is 1. The van der Waals surface area contributed by atoms with E-state index in [4.69, 9.17) is 16.3 Å². The van der Waals surface area contributed by atoms with Crippen LogP contribution in [0.4, 0.5) is 0 Å². The highest BCUT2D eigenvalue weighted by atomic mass is 35.5. The molecule has 0 aliphatic heterocycles. The minimum atomic E-state index is -3.63. The van der Waals surface area contributed by atoms with Crippen molar-refractivity contribution in [3.8, 4) is 0 Å². The van der Waals surface area contributed by atoms with Gasteiger partial charge in [-0.2, -0.15) is 0 Å². The number of thiazole rings is 1. The first-order chi connectivity index (χ1) is 13.4. The van der Waals surface area contributed by atoms with E-state index in [-0.39, 0.29) is 9.77 Å². The van der Waals surface area contributed by atoms with Crippen LogP contribution >= 0.6 is 22.9 Å². The Morgan fingerprint density at radius 1 is 1.18 bits per heavy atom. The highest BCUT2D eigenvalue weighted by Gasteiger charge is 2.16. The van der Waals surface area contributed by atoms with E-state index < -0.39 is 10.0 Å². The third-order valence-electron chi connectivity index (χ3n) is 4.17. The van der Waals surface area contributed by atoms with Crippen molar-refractivity contribution in [1.29, 1.82) is 0 Å². The number of nitrogens with zero attached hydrogens (tertiary/aromatic N) is 1. The Hall–Kier alpha value is -1.71. The fraction of sp³-hybridized carbons (Fsp3) is 0.316. The van der Waals surface area contributed by atoms with E-state index in [0.717, 1.165) is 16.9 Å². The third kappa shape index (κ3) is 5.01. The standard InChI is InChI=1S/C19H21ClN2O4S2/c1-2-26-11-3-10-21-28(24,25)16-8-9-17-18(12-16)27-19(23)22(17)13-14-4-6-15(20)7-5-14/h4-9,12,21H,2-3,10-11,13H2,1H3. The van der Waals surface area contributed by atoms with Crippen molar-refractivity contribution in [2.45, 2.75) is 24.8 Å². The van der Waals surface area contributed by atoms with Crippen LogP contribution in [0.15, 0.2) is 52.2 Å². The average Bonchev–Trinajstić information content (AvgIpc) is 2.98. The largest absolute Gasteiger partial charge is 0.382 e. The lowest BCUT2D eigenvalue weighted by Crippen LogP contribution is -2.25. The van der Waals surface area contributed by atoms with Gasteiger partial charge in [-0.3, -0.25) is 9.36 Å². The molecule has 0 fully saturated rings. The zero-order valence-corrected chi connectivity index (χ0v) is 17.7. The summed E-state index contributed by atoms with van der Waals surface area (Å²) in [6, 6.07) is 12.0. The Kier molecular flexibility index (Phi) is 6.90. The van der Waals surface area contributed by atoms with Gasteiger partial charge in [0.15, 0.2) is 0 Å². The molecule has 0 saturated heterocycles. The molecule has 3 aromatic rings. The number of nitrogens with one attached hydrogen (secondary N) is 1. The van der Waals surface area contributed by atoms with Crippen molar-refractivity contribution < 1.29 is 13.2 Å². The minimum absolute atomic E-state index is 0.135. The molecular formula is C19H21ClN2O4S2. The molecule has 1 heterocycles. The second kappa shape index (κ2) is 9.19. The molecule has 9 heteroatoms. The van der Waals surface area contributed by atoms with Gasteiger partial charge >= 0.3 is 4.87 Å². The Bertz CT molecular complexity index is 1110. The maximum atomic E-state index is 12.5. The number of halogens is 1. The molecule has 28 heavy (non-hydrogen) atoms. The molecule has 2 aromatic carbocycles. The average molecular weight is 441 g/mol. The van der Waals surface area contributed by atoms with Gasteiger partial charge in [0.1, 0.15) is 0 Å². The zero-order chi connectivity index (χ0) is 20.1. The van der Waals surface area contributed by atoms with Gasteiger partial charge in [0.2, 0.25) is 10.0 Å². The molecule has 0 aliphatic carbocycles. The lowest BCUT2D eigenvalue weighted by molar-refractivity contribution is 0.146. The molecule has 0 spiro atoms. The van der Waals surface area contributed by atoms with Gasteiger partial charge in [0.25, 0.3) is 0 Å². The molecule has 0 atom stereocenters. The zero-order valence-electron chi connectivity index (χ0n) is 15.4. The van der Waals surface area contributed by atoms with E-state index in [1.54, 1.807) is 28.8 Å². The maximum Gasteiger partial charge on any atom is 0.308 e. The Labute approximate surface area is 172 Å². The number of benzene rings is 2. The summed E-state index contributed by atoms with van der Waals surface area (Å²) in [5.74, 6) is 0. The Balaban J connectivity index is 1.81. The number of hydrogen-bond acceptors (Lipinski definition) is 5. The van der Waals surface area contributed by atoms with Gasteiger partial charge < -0.3 is 4.74 Å². The first-order valence-electron chi connectivity index (χ1n) is 8.86. The van der Waals surface area contributed by atoms with Crippen LogP contribution in [0.25, 0.3) is 10.2 Å². The SMILES string of the molecule is CCOCCCNS(=O)(=O)c1ccc2c(c1)sc(=O)n2Cc1ccc(Cl)cc1. The molecule has 0 amide bonds. The molecule has 0 radical (unpaired) electrons. The maximum absolute atomic E-state index is 12.5. The predicted molar refractivity (Wildman–Crippen MR) is 113 cm³/mol. The van der Waals surface area contributed by atoms with E-state index in [1.165, 1.54) is 6.07 Å². The van der Waals surface area contributed by atoms with E-state index in [1.807, 2.05) is 19.1 Å². The summed E-state index contributed by atoms with van der Waals surface area (Å²) >= 11 is 6.94. The second-order valence-electron chi connectivity index (χ2n) is 6.16.